The first-order valence-corrected chi connectivity index (χ1v) is 4.88. The number of rotatable bonds is 3. The van der Waals surface area contributed by atoms with Crippen LogP contribution in [-0.4, -0.2) is 19.1 Å². The van der Waals surface area contributed by atoms with Crippen molar-refractivity contribution in [3.8, 4) is 0 Å². The summed E-state index contributed by atoms with van der Waals surface area (Å²) in [7, 11) is 1.44. The standard InChI is InChI=1S/C10H19NO2/c1-7(2)8(11)10(5-4-6-10)9(12)13-3/h7-8H,4-6,11H2,1-3H3. The molecule has 3 nitrogen and oxygen atoms in total. The van der Waals surface area contributed by atoms with Crippen LogP contribution in [0.15, 0.2) is 0 Å². The average molecular weight is 185 g/mol. The van der Waals surface area contributed by atoms with E-state index in [4.69, 9.17) is 10.5 Å². The van der Waals surface area contributed by atoms with Gasteiger partial charge in [0.05, 0.1) is 12.5 Å². The Bertz CT molecular complexity index is 197. The summed E-state index contributed by atoms with van der Waals surface area (Å²) in [5, 5.41) is 0. The topological polar surface area (TPSA) is 52.3 Å². The zero-order valence-electron chi connectivity index (χ0n) is 8.67. The van der Waals surface area contributed by atoms with E-state index < -0.39 is 0 Å². The number of hydrogen-bond donors (Lipinski definition) is 1. The summed E-state index contributed by atoms with van der Waals surface area (Å²) in [6.07, 6.45) is 2.87. The molecule has 0 aromatic carbocycles. The second kappa shape index (κ2) is 3.66. The molecule has 0 spiro atoms. The lowest BCUT2D eigenvalue weighted by atomic mass is 9.61. The predicted octanol–water partition coefficient (Wildman–Crippen LogP) is 1.31. The van der Waals surface area contributed by atoms with Crippen LogP contribution in [-0.2, 0) is 9.53 Å². The van der Waals surface area contributed by atoms with E-state index in [1.54, 1.807) is 0 Å². The van der Waals surface area contributed by atoms with E-state index >= 15 is 0 Å². The van der Waals surface area contributed by atoms with E-state index in [0.29, 0.717) is 5.92 Å². The van der Waals surface area contributed by atoms with Crippen LogP contribution in [0.25, 0.3) is 0 Å². The molecule has 1 atom stereocenters. The molecular weight excluding hydrogens is 166 g/mol. The average Bonchev–Trinajstić information content (AvgIpc) is 2.01. The van der Waals surface area contributed by atoms with E-state index in [-0.39, 0.29) is 17.4 Å². The van der Waals surface area contributed by atoms with E-state index in [0.717, 1.165) is 19.3 Å². The van der Waals surface area contributed by atoms with E-state index in [9.17, 15) is 4.79 Å². The Labute approximate surface area is 79.6 Å². The molecule has 1 aliphatic rings. The Balaban J connectivity index is 2.75. The van der Waals surface area contributed by atoms with Crippen LogP contribution < -0.4 is 5.73 Å². The maximum absolute atomic E-state index is 11.6. The Kier molecular flexibility index (Phi) is 2.96. The van der Waals surface area contributed by atoms with Gasteiger partial charge in [0.25, 0.3) is 0 Å². The summed E-state index contributed by atoms with van der Waals surface area (Å²) in [6.45, 7) is 4.10. The molecule has 0 radical (unpaired) electrons. The lowest BCUT2D eigenvalue weighted by Crippen LogP contribution is -2.55. The molecule has 0 saturated heterocycles. The van der Waals surface area contributed by atoms with Gasteiger partial charge in [-0.05, 0) is 18.8 Å². The van der Waals surface area contributed by atoms with Crippen molar-refractivity contribution in [1.82, 2.24) is 0 Å². The zero-order valence-corrected chi connectivity index (χ0v) is 8.67. The molecule has 0 bridgehead atoms. The fraction of sp³-hybridized carbons (Fsp3) is 0.900. The summed E-state index contributed by atoms with van der Waals surface area (Å²) in [4.78, 5) is 11.6. The maximum atomic E-state index is 11.6. The van der Waals surface area contributed by atoms with Crippen LogP contribution in [0.5, 0.6) is 0 Å². The fourth-order valence-corrected chi connectivity index (χ4v) is 2.07. The Morgan fingerprint density at radius 3 is 2.23 bits per heavy atom. The van der Waals surface area contributed by atoms with E-state index in [1.807, 2.05) is 13.8 Å². The van der Waals surface area contributed by atoms with Gasteiger partial charge in [-0.15, -0.1) is 0 Å². The molecule has 0 heterocycles. The Morgan fingerprint density at radius 2 is 2.00 bits per heavy atom. The van der Waals surface area contributed by atoms with Gasteiger partial charge in [0, 0.05) is 6.04 Å². The summed E-state index contributed by atoms with van der Waals surface area (Å²) < 4.78 is 4.81. The molecule has 0 aromatic rings. The van der Waals surface area contributed by atoms with Gasteiger partial charge in [0.1, 0.15) is 0 Å². The van der Waals surface area contributed by atoms with Gasteiger partial charge < -0.3 is 10.5 Å². The molecule has 13 heavy (non-hydrogen) atoms. The van der Waals surface area contributed by atoms with Gasteiger partial charge in [-0.3, -0.25) is 4.79 Å². The largest absolute Gasteiger partial charge is 0.469 e. The lowest BCUT2D eigenvalue weighted by molar-refractivity contribution is -0.161. The van der Waals surface area contributed by atoms with Crippen LogP contribution in [0.1, 0.15) is 33.1 Å². The highest BCUT2D eigenvalue weighted by Gasteiger charge is 2.50. The van der Waals surface area contributed by atoms with Gasteiger partial charge in [0.15, 0.2) is 0 Å². The second-order valence-corrected chi connectivity index (χ2v) is 4.27. The summed E-state index contributed by atoms with van der Waals surface area (Å²) in [5.74, 6) is 0.208. The smallest absolute Gasteiger partial charge is 0.313 e. The van der Waals surface area contributed by atoms with Gasteiger partial charge in [0.2, 0.25) is 0 Å². The molecular formula is C10H19NO2. The molecule has 3 heteroatoms. The number of hydrogen-bond acceptors (Lipinski definition) is 3. The number of carbonyl (C=O) groups is 1. The first-order valence-electron chi connectivity index (χ1n) is 4.88. The third-order valence-electron chi connectivity index (χ3n) is 3.19. The monoisotopic (exact) mass is 185 g/mol. The van der Waals surface area contributed by atoms with Crippen LogP contribution in [0.4, 0.5) is 0 Å². The van der Waals surface area contributed by atoms with Crippen molar-refractivity contribution in [3.63, 3.8) is 0 Å². The normalized spacial score (nSPS) is 22.2. The van der Waals surface area contributed by atoms with Crippen molar-refractivity contribution >= 4 is 5.97 Å². The van der Waals surface area contributed by atoms with E-state index in [2.05, 4.69) is 0 Å². The van der Waals surface area contributed by atoms with Gasteiger partial charge in [-0.2, -0.15) is 0 Å². The molecule has 1 aliphatic carbocycles. The molecule has 0 aliphatic heterocycles. The van der Waals surface area contributed by atoms with Gasteiger partial charge in [-0.1, -0.05) is 20.3 Å². The zero-order chi connectivity index (χ0) is 10.1. The van der Waals surface area contributed by atoms with Gasteiger partial charge in [-0.25, -0.2) is 0 Å². The third-order valence-corrected chi connectivity index (χ3v) is 3.19. The lowest BCUT2D eigenvalue weighted by Gasteiger charge is -2.44. The summed E-state index contributed by atoms with van der Waals surface area (Å²) in [5.41, 5.74) is 5.66. The van der Waals surface area contributed by atoms with Crippen molar-refractivity contribution in [2.45, 2.75) is 39.2 Å². The highest BCUT2D eigenvalue weighted by atomic mass is 16.5. The molecule has 1 saturated carbocycles. The van der Waals surface area contributed by atoms with Crippen LogP contribution in [0.2, 0.25) is 0 Å². The maximum Gasteiger partial charge on any atom is 0.313 e. The SMILES string of the molecule is COC(=O)C1(C(N)C(C)C)CCC1. The molecule has 1 unspecified atom stereocenters. The highest BCUT2D eigenvalue weighted by Crippen LogP contribution is 2.46. The number of carbonyl (C=O) groups excluding carboxylic acids is 1. The van der Waals surface area contributed by atoms with E-state index in [1.165, 1.54) is 7.11 Å². The molecule has 2 N–H and O–H groups in total. The summed E-state index contributed by atoms with van der Waals surface area (Å²) >= 11 is 0. The number of esters is 1. The first-order chi connectivity index (χ1) is 6.04. The molecule has 1 rings (SSSR count). The Morgan fingerprint density at radius 1 is 1.46 bits per heavy atom. The Hall–Kier alpha value is -0.570. The second-order valence-electron chi connectivity index (χ2n) is 4.27. The van der Waals surface area contributed by atoms with Crippen LogP contribution in [0.3, 0.4) is 0 Å². The third kappa shape index (κ3) is 1.57. The van der Waals surface area contributed by atoms with Gasteiger partial charge >= 0.3 is 5.97 Å². The molecule has 76 valence electrons. The highest BCUT2D eigenvalue weighted by molar-refractivity contribution is 5.78. The first kappa shape index (κ1) is 10.5. The molecule has 0 amide bonds. The number of nitrogens with two attached hydrogens (primary N) is 1. The molecule has 0 aromatic heterocycles. The van der Waals surface area contributed by atoms with Crippen molar-refractivity contribution in [3.05, 3.63) is 0 Å². The summed E-state index contributed by atoms with van der Waals surface area (Å²) in [6, 6.07) is -0.0614. The molecule has 1 fully saturated rings. The minimum Gasteiger partial charge on any atom is -0.469 e. The van der Waals surface area contributed by atoms with Crippen molar-refractivity contribution in [2.75, 3.05) is 7.11 Å². The quantitative estimate of drug-likeness (QED) is 0.674. The van der Waals surface area contributed by atoms with Crippen LogP contribution >= 0.6 is 0 Å². The van der Waals surface area contributed by atoms with Crippen molar-refractivity contribution in [2.24, 2.45) is 17.1 Å². The number of methoxy groups -OCH3 is 1. The minimum absolute atomic E-state index is 0.0614. The number of ether oxygens (including phenoxy) is 1. The van der Waals surface area contributed by atoms with Crippen molar-refractivity contribution in [1.29, 1.82) is 0 Å². The fourth-order valence-electron chi connectivity index (χ4n) is 2.07. The van der Waals surface area contributed by atoms with Crippen LogP contribution in [0, 0.1) is 11.3 Å². The minimum atomic E-state index is -0.372. The van der Waals surface area contributed by atoms with Crippen molar-refractivity contribution < 1.29 is 9.53 Å². The predicted molar refractivity (Wildman–Crippen MR) is 51.1 cm³/mol.